The van der Waals surface area contributed by atoms with Crippen molar-refractivity contribution in [3.63, 3.8) is 0 Å². The summed E-state index contributed by atoms with van der Waals surface area (Å²) in [4.78, 5) is 14.0. The quantitative estimate of drug-likeness (QED) is 0.331. The van der Waals surface area contributed by atoms with Crippen LogP contribution in [0, 0.1) is 5.82 Å². The zero-order valence-electron chi connectivity index (χ0n) is 21.1. The molecule has 1 atom stereocenters. The van der Waals surface area contributed by atoms with E-state index in [1.165, 1.54) is 28.4 Å². The maximum atomic E-state index is 14.6. The molecule has 1 aliphatic heterocycles. The average Bonchev–Trinajstić information content (AvgIpc) is 2.90. The first-order valence-electron chi connectivity index (χ1n) is 12.7. The van der Waals surface area contributed by atoms with Crippen LogP contribution in [-0.4, -0.2) is 32.8 Å². The second kappa shape index (κ2) is 12.5. The van der Waals surface area contributed by atoms with Gasteiger partial charge in [-0.05, 0) is 66.6 Å². The summed E-state index contributed by atoms with van der Waals surface area (Å²) in [5.74, 6) is -0.611. The number of methoxy groups -OCH3 is 1. The molecule has 0 fully saturated rings. The van der Waals surface area contributed by atoms with Crippen LogP contribution in [0.5, 0.6) is 0 Å². The Bertz CT molecular complexity index is 1150. The fraction of sp³-hybridized carbons (Fsp3) is 0.367. The number of benzene rings is 3. The van der Waals surface area contributed by atoms with Gasteiger partial charge in [0.2, 0.25) is 0 Å². The molecule has 1 aliphatic rings. The van der Waals surface area contributed by atoms with Gasteiger partial charge in [0, 0.05) is 44.5 Å². The normalized spacial score (nSPS) is 13.7. The molecular weight excluding hydrogens is 455 g/mol. The number of carbonyl (C=O) groups excluding carboxylic acids is 1. The highest BCUT2D eigenvalue weighted by Gasteiger charge is 2.23. The molecule has 6 heteroatoms. The van der Waals surface area contributed by atoms with E-state index in [4.69, 9.17) is 9.47 Å². The van der Waals surface area contributed by atoms with E-state index in [0.717, 1.165) is 31.6 Å². The van der Waals surface area contributed by atoms with Crippen molar-refractivity contribution in [2.45, 2.75) is 45.3 Å². The molecule has 1 unspecified atom stereocenters. The Morgan fingerprint density at radius 1 is 1.08 bits per heavy atom. The van der Waals surface area contributed by atoms with E-state index in [0.29, 0.717) is 25.1 Å². The lowest BCUT2D eigenvalue weighted by molar-refractivity contribution is -0.143. The molecule has 0 bridgehead atoms. The summed E-state index contributed by atoms with van der Waals surface area (Å²) >= 11 is 0. The van der Waals surface area contributed by atoms with E-state index < -0.39 is 0 Å². The zero-order valence-corrected chi connectivity index (χ0v) is 21.1. The van der Waals surface area contributed by atoms with Gasteiger partial charge in [-0.3, -0.25) is 4.79 Å². The summed E-state index contributed by atoms with van der Waals surface area (Å²) < 4.78 is 25.4. The third-order valence-electron chi connectivity index (χ3n) is 6.73. The SMILES string of the molecule is CCOC(=O)CCc1ccc(NCc2cccc3c2CCCN3CC(OC)c2ccccc2)cc1F. The topological polar surface area (TPSA) is 50.8 Å². The van der Waals surface area contributed by atoms with Gasteiger partial charge in [-0.2, -0.15) is 0 Å². The molecule has 0 spiro atoms. The number of hydrogen-bond acceptors (Lipinski definition) is 5. The minimum atomic E-state index is -0.308. The molecule has 36 heavy (non-hydrogen) atoms. The zero-order chi connectivity index (χ0) is 25.3. The van der Waals surface area contributed by atoms with Crippen LogP contribution >= 0.6 is 0 Å². The van der Waals surface area contributed by atoms with E-state index in [1.807, 2.05) is 24.3 Å². The highest BCUT2D eigenvalue weighted by molar-refractivity contribution is 5.69. The summed E-state index contributed by atoms with van der Waals surface area (Å²) in [6, 6.07) is 21.9. The van der Waals surface area contributed by atoms with Crippen molar-refractivity contribution in [1.82, 2.24) is 0 Å². The summed E-state index contributed by atoms with van der Waals surface area (Å²) in [5, 5.41) is 3.38. The van der Waals surface area contributed by atoms with Gasteiger partial charge in [0.25, 0.3) is 0 Å². The maximum Gasteiger partial charge on any atom is 0.306 e. The lowest BCUT2D eigenvalue weighted by Crippen LogP contribution is -2.34. The Labute approximate surface area is 213 Å². The minimum absolute atomic E-state index is 0.00393. The van der Waals surface area contributed by atoms with Crippen LogP contribution < -0.4 is 10.2 Å². The number of rotatable bonds is 11. The van der Waals surface area contributed by atoms with Gasteiger partial charge < -0.3 is 19.7 Å². The molecule has 3 aromatic carbocycles. The van der Waals surface area contributed by atoms with Crippen LogP contribution in [0.15, 0.2) is 66.7 Å². The summed E-state index contributed by atoms with van der Waals surface area (Å²) in [6.07, 6.45) is 2.62. The lowest BCUT2D eigenvalue weighted by atomic mass is 9.95. The van der Waals surface area contributed by atoms with Crippen LogP contribution in [0.1, 0.15) is 48.1 Å². The minimum Gasteiger partial charge on any atom is -0.466 e. The molecule has 0 aromatic heterocycles. The number of nitrogens with one attached hydrogen (secondary N) is 1. The molecule has 0 radical (unpaired) electrons. The molecule has 0 aliphatic carbocycles. The Kier molecular flexibility index (Phi) is 8.95. The van der Waals surface area contributed by atoms with Crippen molar-refractivity contribution >= 4 is 17.3 Å². The molecule has 4 rings (SSSR count). The van der Waals surface area contributed by atoms with Crippen molar-refractivity contribution in [1.29, 1.82) is 0 Å². The van der Waals surface area contributed by atoms with E-state index >= 15 is 0 Å². The van der Waals surface area contributed by atoms with E-state index in [1.54, 1.807) is 20.1 Å². The number of anilines is 2. The molecule has 5 nitrogen and oxygen atoms in total. The van der Waals surface area contributed by atoms with Crippen molar-refractivity contribution < 1.29 is 18.7 Å². The van der Waals surface area contributed by atoms with Crippen LogP contribution in [0.3, 0.4) is 0 Å². The monoisotopic (exact) mass is 490 g/mol. The van der Waals surface area contributed by atoms with Gasteiger partial charge in [-0.15, -0.1) is 0 Å². The molecule has 1 heterocycles. The summed E-state index contributed by atoms with van der Waals surface area (Å²) in [6.45, 7) is 4.51. The molecular formula is C30H35FN2O3. The predicted octanol–water partition coefficient (Wildman–Crippen LogP) is 6.07. The highest BCUT2D eigenvalue weighted by atomic mass is 19.1. The van der Waals surface area contributed by atoms with E-state index in [-0.39, 0.29) is 24.3 Å². The van der Waals surface area contributed by atoms with Gasteiger partial charge in [-0.25, -0.2) is 4.39 Å². The van der Waals surface area contributed by atoms with E-state index in [2.05, 4.69) is 40.5 Å². The van der Waals surface area contributed by atoms with Crippen LogP contribution in [0.4, 0.5) is 15.8 Å². The molecule has 1 N–H and O–H groups in total. The predicted molar refractivity (Wildman–Crippen MR) is 142 cm³/mol. The second-order valence-corrected chi connectivity index (χ2v) is 9.06. The van der Waals surface area contributed by atoms with Crippen molar-refractivity contribution in [2.24, 2.45) is 0 Å². The number of fused-ring (bicyclic) bond motifs is 1. The standard InChI is InChI=1S/C30H35FN2O3/c1-3-36-30(34)17-15-22-14-16-25(19-27(22)31)32-20-24-11-7-13-28-26(24)12-8-18-33(28)21-29(35-2)23-9-5-4-6-10-23/h4-7,9-11,13-14,16,19,29,32H,3,8,12,15,17-18,20-21H2,1-2H3. The van der Waals surface area contributed by atoms with Gasteiger partial charge in [0.1, 0.15) is 5.82 Å². The third kappa shape index (κ3) is 6.43. The summed E-state index contributed by atoms with van der Waals surface area (Å²) in [7, 11) is 1.77. The lowest BCUT2D eigenvalue weighted by Gasteiger charge is -2.35. The van der Waals surface area contributed by atoms with Crippen LogP contribution in [0.2, 0.25) is 0 Å². The largest absolute Gasteiger partial charge is 0.466 e. The molecule has 190 valence electrons. The number of esters is 1. The first kappa shape index (κ1) is 25.7. The summed E-state index contributed by atoms with van der Waals surface area (Å²) in [5.41, 5.74) is 6.23. The van der Waals surface area contributed by atoms with Gasteiger partial charge >= 0.3 is 5.97 Å². The van der Waals surface area contributed by atoms with Crippen molar-refractivity contribution in [2.75, 3.05) is 37.0 Å². The Balaban J connectivity index is 1.42. The molecule has 0 amide bonds. The van der Waals surface area contributed by atoms with Gasteiger partial charge in [-0.1, -0.05) is 48.5 Å². The van der Waals surface area contributed by atoms with Crippen molar-refractivity contribution in [3.05, 3.63) is 94.8 Å². The highest BCUT2D eigenvalue weighted by Crippen LogP contribution is 2.32. The number of aryl methyl sites for hydroxylation is 1. The number of ether oxygens (including phenoxy) is 2. The molecule has 3 aromatic rings. The average molecular weight is 491 g/mol. The Hall–Kier alpha value is -3.38. The Morgan fingerprint density at radius 3 is 2.67 bits per heavy atom. The van der Waals surface area contributed by atoms with Gasteiger partial charge in [0.05, 0.1) is 12.7 Å². The fourth-order valence-electron chi connectivity index (χ4n) is 4.84. The molecule has 0 saturated carbocycles. The van der Waals surface area contributed by atoms with Gasteiger partial charge in [0.15, 0.2) is 0 Å². The van der Waals surface area contributed by atoms with Crippen LogP contribution in [0.25, 0.3) is 0 Å². The van der Waals surface area contributed by atoms with E-state index in [9.17, 15) is 9.18 Å². The second-order valence-electron chi connectivity index (χ2n) is 9.06. The number of hydrogen-bond donors (Lipinski definition) is 1. The fourth-order valence-corrected chi connectivity index (χ4v) is 4.84. The third-order valence-corrected chi connectivity index (χ3v) is 6.73. The number of nitrogens with zero attached hydrogens (tertiary/aromatic N) is 1. The smallest absolute Gasteiger partial charge is 0.306 e. The maximum absolute atomic E-state index is 14.6. The molecule has 0 saturated heterocycles. The first-order chi connectivity index (χ1) is 17.6. The first-order valence-corrected chi connectivity index (χ1v) is 12.7. The van der Waals surface area contributed by atoms with Crippen molar-refractivity contribution in [3.8, 4) is 0 Å². The van der Waals surface area contributed by atoms with Crippen LogP contribution in [-0.2, 0) is 33.7 Å². The Morgan fingerprint density at radius 2 is 1.92 bits per heavy atom. The number of halogens is 1. The number of carbonyl (C=O) groups is 1.